The van der Waals surface area contributed by atoms with Crippen LogP contribution in [0.4, 0.5) is 10.3 Å². The van der Waals surface area contributed by atoms with Crippen LogP contribution < -0.4 is 15.8 Å². The number of nitrogens with zero attached hydrogens (tertiary/aromatic N) is 3. The van der Waals surface area contributed by atoms with Gasteiger partial charge in [0.05, 0.1) is 30.6 Å². The van der Waals surface area contributed by atoms with Gasteiger partial charge in [-0.15, -0.1) is 0 Å². The van der Waals surface area contributed by atoms with E-state index >= 15 is 0 Å². The van der Waals surface area contributed by atoms with Crippen LogP contribution >= 0.6 is 7.60 Å². The van der Waals surface area contributed by atoms with Gasteiger partial charge in [0.2, 0.25) is 5.95 Å². The van der Waals surface area contributed by atoms with E-state index < -0.39 is 74.1 Å². The first-order valence-corrected chi connectivity index (χ1v) is 14.6. The van der Waals surface area contributed by atoms with Gasteiger partial charge in [-0.1, -0.05) is 25.1 Å². The Morgan fingerprint density at radius 1 is 1.29 bits per heavy atom. The number of aliphatic hydroxyl groups is 2. The summed E-state index contributed by atoms with van der Waals surface area (Å²) in [5.74, 6) is -1.59. The number of fused-ring (bicyclic) bond motifs is 1. The number of nitrogens with two attached hydrogens (primary N) is 1. The van der Waals surface area contributed by atoms with Crippen molar-refractivity contribution in [3.63, 3.8) is 0 Å². The number of aliphatic hydroxyl groups excluding tert-OH is 1. The third-order valence-corrected chi connectivity index (χ3v) is 8.62. The Hall–Kier alpha value is -3.36. The third-order valence-electron chi connectivity index (χ3n) is 6.48. The van der Waals surface area contributed by atoms with Crippen LogP contribution in [0.1, 0.15) is 33.9 Å². The second kappa shape index (κ2) is 11.9. The summed E-state index contributed by atoms with van der Waals surface area (Å²) >= 11 is 0. The summed E-state index contributed by atoms with van der Waals surface area (Å²) in [7, 11) is -4.17. The molecule has 224 valence electrons. The van der Waals surface area contributed by atoms with E-state index in [-0.39, 0.29) is 22.9 Å². The molecule has 1 fully saturated rings. The van der Waals surface area contributed by atoms with Crippen LogP contribution in [0.25, 0.3) is 11.2 Å². The highest BCUT2D eigenvalue weighted by atomic mass is 31.2. The van der Waals surface area contributed by atoms with Crippen molar-refractivity contribution in [3.05, 3.63) is 47.0 Å². The molecule has 41 heavy (non-hydrogen) atoms. The number of aromatic nitrogens is 4. The molecule has 0 aliphatic carbocycles. The number of halogens is 1. The number of para-hydroxylation sites is 1. The maximum Gasteiger partial charge on any atom is 0.380 e. The van der Waals surface area contributed by atoms with Gasteiger partial charge in [-0.2, -0.15) is 4.98 Å². The number of ether oxygens (including phenoxy) is 2. The molecule has 4 rings (SSSR count). The number of alkyl halides is 1. The summed E-state index contributed by atoms with van der Waals surface area (Å²) in [6.45, 7) is 4.77. The number of nitrogen functional groups attached to an aromatic ring is 1. The number of esters is 1. The van der Waals surface area contributed by atoms with Crippen molar-refractivity contribution in [1.29, 1.82) is 0 Å². The van der Waals surface area contributed by atoms with Gasteiger partial charge in [-0.05, 0) is 32.9 Å². The number of carbonyl (C=O) groups is 1. The summed E-state index contributed by atoms with van der Waals surface area (Å²) in [5.41, 5.74) is 2.14. The summed E-state index contributed by atoms with van der Waals surface area (Å²) in [4.78, 5) is 34.9. The number of benzene rings is 1. The monoisotopic (exact) mass is 597 g/mol. The topological polar surface area (TPSA) is 201 Å². The third kappa shape index (κ3) is 6.28. The predicted molar refractivity (Wildman–Crippen MR) is 144 cm³/mol. The summed E-state index contributed by atoms with van der Waals surface area (Å²) in [5, 5.41) is 22.2. The molecule has 1 saturated heterocycles. The van der Waals surface area contributed by atoms with Gasteiger partial charge in [-0.25, -0.2) is 13.9 Å². The van der Waals surface area contributed by atoms with Crippen molar-refractivity contribution < 1.29 is 42.5 Å². The lowest BCUT2D eigenvalue weighted by Crippen LogP contribution is -2.50. The molecule has 3 aromatic rings. The molecule has 16 heteroatoms. The number of anilines is 1. The van der Waals surface area contributed by atoms with Gasteiger partial charge in [0.25, 0.3) is 5.56 Å². The number of aromatic amines is 1. The van der Waals surface area contributed by atoms with E-state index in [2.05, 4.69) is 15.0 Å². The molecular weight excluding hydrogens is 564 g/mol. The average Bonchev–Trinajstić information content (AvgIpc) is 3.42. The summed E-state index contributed by atoms with van der Waals surface area (Å²) in [6.07, 6.45) is -5.98. The maximum absolute atomic E-state index is 14.4. The zero-order valence-electron chi connectivity index (χ0n) is 22.8. The number of rotatable bonds is 11. The number of H-pyrrole nitrogens is 1. The summed E-state index contributed by atoms with van der Waals surface area (Å²) < 4.78 is 52.1. The van der Waals surface area contributed by atoms with Crippen molar-refractivity contribution in [2.75, 3.05) is 18.6 Å². The maximum atomic E-state index is 14.4. The Labute approximate surface area is 234 Å². The molecule has 1 aliphatic rings. The molecule has 0 spiro atoms. The van der Waals surface area contributed by atoms with Crippen molar-refractivity contribution >= 4 is 30.7 Å². The normalized spacial score (nSPS) is 25.6. The molecule has 1 aromatic carbocycles. The number of nitrogens with one attached hydrogen (secondary N) is 1. The predicted octanol–water partition coefficient (Wildman–Crippen LogP) is 1.93. The van der Waals surface area contributed by atoms with Crippen LogP contribution in [-0.4, -0.2) is 78.6 Å². The number of carbonyl (C=O) groups excluding carboxylic acids is 1. The zero-order chi connectivity index (χ0) is 30.1. The number of hydrogen-bond donors (Lipinski definition) is 4. The quantitative estimate of drug-likeness (QED) is 0.185. The molecule has 0 radical (unpaired) electrons. The molecule has 1 unspecified atom stereocenters. The molecule has 14 nitrogen and oxygen atoms in total. The minimum Gasteiger partial charge on any atom is -0.463 e. The van der Waals surface area contributed by atoms with Crippen LogP contribution in [-0.2, 0) is 23.4 Å². The number of imidazole rings is 1. The highest BCUT2D eigenvalue weighted by Gasteiger charge is 2.59. The standard InChI is InChI=1S/C25H33FN5O9P/c1-13(2)37-22(34)14(3)10-41(36,40-16-8-6-5-7-9-16)39-15(4)18-19(32)25(35,11-26)23(38-18)31-12-28-17-20(31)29-24(27)30-21(17)33/h5-9,12-15,18-19,23,32,35H,10-11H2,1-4H3,(H3,27,29,30,33)/t14-,15+,18-,19+,23-,25?,41+/m1/s1. The van der Waals surface area contributed by atoms with Gasteiger partial charge in [0.15, 0.2) is 23.0 Å². The van der Waals surface area contributed by atoms with Crippen LogP contribution in [0, 0.1) is 5.92 Å². The van der Waals surface area contributed by atoms with Crippen LogP contribution in [0.5, 0.6) is 5.75 Å². The van der Waals surface area contributed by atoms with E-state index in [1.807, 2.05) is 0 Å². The van der Waals surface area contributed by atoms with Gasteiger partial charge >= 0.3 is 13.6 Å². The largest absolute Gasteiger partial charge is 0.463 e. The Kier molecular flexibility index (Phi) is 8.85. The second-order valence-electron chi connectivity index (χ2n) is 10.2. The van der Waals surface area contributed by atoms with E-state index in [4.69, 9.17) is 24.3 Å². The van der Waals surface area contributed by atoms with Crippen molar-refractivity contribution in [1.82, 2.24) is 19.5 Å². The van der Waals surface area contributed by atoms with Crippen molar-refractivity contribution in [2.24, 2.45) is 5.92 Å². The van der Waals surface area contributed by atoms with Crippen LogP contribution in [0.15, 0.2) is 41.5 Å². The first kappa shape index (κ1) is 30.6. The Balaban J connectivity index is 1.63. The molecule has 3 heterocycles. The van der Waals surface area contributed by atoms with Gasteiger partial charge in [0.1, 0.15) is 24.6 Å². The SMILES string of the molecule is CC(C)OC(=O)[C@H](C)C[P@@](=O)(Oc1ccccc1)O[C@@H](C)[C@H]1O[C@@H](n2cnc3c(=O)[nH]c(N)nc32)C(O)(CF)[C@H]1O. The van der Waals surface area contributed by atoms with Gasteiger partial charge in [-0.3, -0.25) is 23.7 Å². The molecular formula is C25H33FN5O9P. The molecule has 0 bridgehead atoms. The lowest BCUT2D eigenvalue weighted by molar-refractivity contribution is -0.151. The highest BCUT2D eigenvalue weighted by Crippen LogP contribution is 2.53. The number of hydrogen-bond acceptors (Lipinski definition) is 12. The lowest BCUT2D eigenvalue weighted by Gasteiger charge is -2.30. The van der Waals surface area contributed by atoms with E-state index in [9.17, 15) is 28.8 Å². The van der Waals surface area contributed by atoms with E-state index in [0.717, 1.165) is 10.9 Å². The van der Waals surface area contributed by atoms with E-state index in [0.29, 0.717) is 0 Å². The van der Waals surface area contributed by atoms with E-state index in [1.165, 1.54) is 13.8 Å². The minimum absolute atomic E-state index is 0.125. The zero-order valence-corrected chi connectivity index (χ0v) is 23.7. The van der Waals surface area contributed by atoms with Crippen molar-refractivity contribution in [3.8, 4) is 5.75 Å². The highest BCUT2D eigenvalue weighted by molar-refractivity contribution is 7.54. The van der Waals surface area contributed by atoms with Crippen molar-refractivity contribution in [2.45, 2.75) is 63.9 Å². The first-order chi connectivity index (χ1) is 19.3. The van der Waals surface area contributed by atoms with Crippen LogP contribution in [0.3, 0.4) is 0 Å². The lowest BCUT2D eigenvalue weighted by atomic mass is 9.93. The Bertz CT molecular complexity index is 1490. The van der Waals surface area contributed by atoms with Crippen LogP contribution in [0.2, 0.25) is 0 Å². The van der Waals surface area contributed by atoms with Gasteiger partial charge in [0, 0.05) is 0 Å². The fourth-order valence-corrected chi connectivity index (χ4v) is 6.61. The smallest absolute Gasteiger partial charge is 0.380 e. The molecule has 0 amide bonds. The Morgan fingerprint density at radius 2 is 1.98 bits per heavy atom. The Morgan fingerprint density at radius 3 is 2.61 bits per heavy atom. The average molecular weight is 598 g/mol. The second-order valence-corrected chi connectivity index (χ2v) is 12.2. The van der Waals surface area contributed by atoms with Gasteiger partial charge < -0.3 is 29.9 Å². The fourth-order valence-electron chi connectivity index (χ4n) is 4.52. The van der Waals surface area contributed by atoms with E-state index in [1.54, 1.807) is 44.2 Å². The fraction of sp³-hybridized carbons (Fsp3) is 0.520. The minimum atomic E-state index is -4.17. The molecule has 7 atom stereocenters. The summed E-state index contributed by atoms with van der Waals surface area (Å²) in [6, 6.07) is 8.11. The molecule has 2 aromatic heterocycles. The first-order valence-electron chi connectivity index (χ1n) is 12.8. The molecule has 5 N–H and O–H groups in total. The molecule has 0 saturated carbocycles. The molecule has 1 aliphatic heterocycles.